The molecular formula is C31H71N7O8. The maximum Gasteiger partial charge on any atom is 0.320 e. The Bertz CT molecular complexity index is 746. The first-order valence-corrected chi connectivity index (χ1v) is 13.5. The summed E-state index contributed by atoms with van der Waals surface area (Å²) in [5.41, 5.74) is 31.6. The number of hydrogen-bond acceptors (Lipinski definition) is 11. The van der Waals surface area contributed by atoms with Crippen LogP contribution in [0.3, 0.4) is 0 Å². The highest BCUT2D eigenvalue weighted by Crippen LogP contribution is 2.07. The van der Waals surface area contributed by atoms with Gasteiger partial charge in [0, 0.05) is 19.1 Å². The molecule has 0 radical (unpaired) electrons. The zero-order valence-electron chi connectivity index (χ0n) is 25.6. The standard InChI is InChI=1S/C8H11N.C7H16N2.4C3H7NO2.4CH4/c1-7(9)8-5-3-2-4-6-8;8-4-7-9-5-2-1-3-6-9;4*1-2(4)3(5)6;;;;/h2-7H,9H2,1H3;1-8H2;4*2H,4H2,1H3,(H,5,6);4*1H4. The average Bonchev–Trinajstić information content (AvgIpc) is 2.91. The van der Waals surface area contributed by atoms with Crippen LogP contribution in [-0.4, -0.2) is 99.5 Å². The lowest BCUT2D eigenvalue weighted by molar-refractivity contribution is -0.139. The van der Waals surface area contributed by atoms with Crippen LogP contribution in [0.5, 0.6) is 0 Å². The second-order valence-corrected chi connectivity index (χ2v) is 9.40. The number of benzene rings is 1. The summed E-state index contributed by atoms with van der Waals surface area (Å²) in [6, 6.07) is 7.29. The van der Waals surface area contributed by atoms with E-state index < -0.39 is 48.0 Å². The first kappa shape index (κ1) is 61.8. The maximum absolute atomic E-state index is 9.57. The van der Waals surface area contributed by atoms with Gasteiger partial charge in [-0.3, -0.25) is 19.2 Å². The Morgan fingerprint density at radius 3 is 1.04 bits per heavy atom. The van der Waals surface area contributed by atoms with Gasteiger partial charge < -0.3 is 59.7 Å². The SMILES string of the molecule is C.C.C.C.CC(N)C(=O)O.CC(N)C(=O)O.CC(N)C(=O)O.CC(N)C(=O)O.CC(N)c1ccccc1.NCCN1CCCCC1. The molecule has 15 heteroatoms. The molecule has 0 aromatic heterocycles. The molecule has 0 bridgehead atoms. The van der Waals surface area contributed by atoms with Gasteiger partial charge in [0.05, 0.1) is 0 Å². The van der Waals surface area contributed by atoms with Gasteiger partial charge in [-0.25, -0.2) is 0 Å². The molecule has 46 heavy (non-hydrogen) atoms. The van der Waals surface area contributed by atoms with Crippen LogP contribution in [-0.2, 0) is 19.2 Å². The second kappa shape index (κ2) is 39.8. The zero-order chi connectivity index (χ0) is 33.8. The number of rotatable bonds is 7. The van der Waals surface area contributed by atoms with Crippen LogP contribution in [0.1, 0.15) is 95.2 Å². The molecule has 1 aromatic rings. The summed E-state index contributed by atoms with van der Waals surface area (Å²) in [5, 5.41) is 31.5. The molecule has 1 aromatic carbocycles. The first-order valence-electron chi connectivity index (χ1n) is 13.5. The molecule has 278 valence electrons. The summed E-state index contributed by atoms with van der Waals surface area (Å²) < 4.78 is 0. The molecule has 2 rings (SSSR count). The lowest BCUT2D eigenvalue weighted by Gasteiger charge is -2.25. The monoisotopic (exact) mass is 670 g/mol. The van der Waals surface area contributed by atoms with Crippen molar-refractivity contribution in [2.24, 2.45) is 34.4 Å². The number of carboxylic acids is 4. The van der Waals surface area contributed by atoms with Crippen LogP contribution >= 0.6 is 0 Å². The number of nitrogens with two attached hydrogens (primary N) is 6. The van der Waals surface area contributed by atoms with Crippen LogP contribution in [0.2, 0.25) is 0 Å². The van der Waals surface area contributed by atoms with Crippen LogP contribution in [0.25, 0.3) is 0 Å². The van der Waals surface area contributed by atoms with E-state index in [-0.39, 0.29) is 35.7 Å². The van der Waals surface area contributed by atoms with Crippen LogP contribution in [0, 0.1) is 0 Å². The molecule has 0 amide bonds. The summed E-state index contributed by atoms with van der Waals surface area (Å²) in [5.74, 6) is -3.85. The minimum atomic E-state index is -0.963. The molecule has 16 N–H and O–H groups in total. The Hall–Kier alpha value is -3.18. The van der Waals surface area contributed by atoms with Crippen molar-refractivity contribution in [1.29, 1.82) is 0 Å². The van der Waals surface area contributed by atoms with E-state index in [0.29, 0.717) is 0 Å². The van der Waals surface area contributed by atoms with Gasteiger partial charge in [-0.05, 0) is 66.1 Å². The Morgan fingerprint density at radius 1 is 0.609 bits per heavy atom. The predicted molar refractivity (Wildman–Crippen MR) is 190 cm³/mol. The summed E-state index contributed by atoms with van der Waals surface area (Å²) in [6.07, 6.45) is 4.17. The molecule has 1 saturated heterocycles. The number of hydrogen-bond donors (Lipinski definition) is 10. The zero-order valence-corrected chi connectivity index (χ0v) is 25.6. The summed E-state index contributed by atoms with van der Waals surface area (Å²) in [4.78, 5) is 40.7. The average molecular weight is 670 g/mol. The highest BCUT2D eigenvalue weighted by atomic mass is 16.4. The van der Waals surface area contributed by atoms with Crippen LogP contribution in [0.15, 0.2) is 30.3 Å². The van der Waals surface area contributed by atoms with Crippen molar-refractivity contribution in [3.8, 4) is 0 Å². The number of carbonyl (C=O) groups is 4. The minimum Gasteiger partial charge on any atom is -0.480 e. The summed E-state index contributed by atoms with van der Waals surface area (Å²) >= 11 is 0. The predicted octanol–water partition coefficient (Wildman–Crippen LogP) is 2.35. The number of piperidine rings is 1. The van der Waals surface area contributed by atoms with Crippen molar-refractivity contribution < 1.29 is 39.6 Å². The topological polar surface area (TPSA) is 309 Å². The van der Waals surface area contributed by atoms with E-state index >= 15 is 0 Å². The highest BCUT2D eigenvalue weighted by Gasteiger charge is 2.07. The van der Waals surface area contributed by atoms with Gasteiger partial charge in [-0.1, -0.05) is 66.5 Å². The Balaban J connectivity index is -0.0000000625. The normalized spacial score (nSPS) is 14.1. The fraction of sp³-hybridized carbons (Fsp3) is 0.677. The van der Waals surface area contributed by atoms with E-state index in [1.54, 1.807) is 0 Å². The molecule has 0 saturated carbocycles. The molecule has 1 aliphatic rings. The molecule has 1 fully saturated rings. The van der Waals surface area contributed by atoms with E-state index in [2.05, 4.69) is 4.90 Å². The molecule has 5 atom stereocenters. The molecule has 0 aliphatic carbocycles. The maximum atomic E-state index is 9.57. The third kappa shape index (κ3) is 50.4. The van der Waals surface area contributed by atoms with Gasteiger partial charge >= 0.3 is 23.9 Å². The van der Waals surface area contributed by atoms with Gasteiger partial charge in [0.2, 0.25) is 0 Å². The third-order valence-electron chi connectivity index (χ3n) is 4.78. The molecule has 15 nitrogen and oxygen atoms in total. The van der Waals surface area contributed by atoms with E-state index in [9.17, 15) is 19.2 Å². The fourth-order valence-electron chi connectivity index (χ4n) is 2.12. The number of carboxylic acid groups (broad SMARTS) is 4. The van der Waals surface area contributed by atoms with E-state index in [1.807, 2.05) is 37.3 Å². The molecule has 1 aliphatic heterocycles. The first-order chi connectivity index (χ1) is 19.3. The van der Waals surface area contributed by atoms with Crippen molar-refractivity contribution >= 4 is 23.9 Å². The number of aliphatic carboxylic acids is 4. The number of likely N-dealkylation sites (tertiary alicyclic amines) is 1. The van der Waals surface area contributed by atoms with Crippen LogP contribution in [0.4, 0.5) is 0 Å². The third-order valence-corrected chi connectivity index (χ3v) is 4.78. The molecule has 5 unspecified atom stereocenters. The largest absolute Gasteiger partial charge is 0.480 e. The molecule has 0 spiro atoms. The lowest BCUT2D eigenvalue weighted by atomic mass is 10.1. The lowest BCUT2D eigenvalue weighted by Crippen LogP contribution is -2.33. The molecular weight excluding hydrogens is 598 g/mol. The van der Waals surface area contributed by atoms with Crippen molar-refractivity contribution in [3.63, 3.8) is 0 Å². The van der Waals surface area contributed by atoms with Gasteiger partial charge in [0.15, 0.2) is 0 Å². The minimum absolute atomic E-state index is 0. The van der Waals surface area contributed by atoms with Gasteiger partial charge in [0.1, 0.15) is 24.2 Å². The van der Waals surface area contributed by atoms with Crippen molar-refractivity contribution in [2.45, 2.75) is 114 Å². The second-order valence-electron chi connectivity index (χ2n) is 9.40. The Labute approximate surface area is 278 Å². The smallest absolute Gasteiger partial charge is 0.320 e. The van der Waals surface area contributed by atoms with Crippen molar-refractivity contribution in [1.82, 2.24) is 4.90 Å². The van der Waals surface area contributed by atoms with Gasteiger partial charge in [-0.15, -0.1) is 0 Å². The summed E-state index contributed by atoms with van der Waals surface area (Å²) in [7, 11) is 0. The van der Waals surface area contributed by atoms with E-state index in [0.717, 1.165) is 13.1 Å². The Kier molecular flexibility index (Phi) is 53.5. The number of nitrogens with zero attached hydrogens (tertiary/aromatic N) is 1. The highest BCUT2D eigenvalue weighted by molar-refractivity contribution is 5.73. The summed E-state index contributed by atoms with van der Waals surface area (Å²) in [6.45, 7) is 12.1. The van der Waals surface area contributed by atoms with E-state index in [1.165, 1.54) is 65.6 Å². The Morgan fingerprint density at radius 2 is 0.870 bits per heavy atom. The van der Waals surface area contributed by atoms with Crippen molar-refractivity contribution in [3.05, 3.63) is 35.9 Å². The molecule has 1 heterocycles. The van der Waals surface area contributed by atoms with Crippen LogP contribution < -0.4 is 34.4 Å². The van der Waals surface area contributed by atoms with Gasteiger partial charge in [-0.2, -0.15) is 0 Å². The van der Waals surface area contributed by atoms with Gasteiger partial charge in [0.25, 0.3) is 0 Å². The quantitative estimate of drug-likeness (QED) is 0.199. The fourth-order valence-corrected chi connectivity index (χ4v) is 2.12. The van der Waals surface area contributed by atoms with Crippen molar-refractivity contribution in [2.75, 3.05) is 26.2 Å². The van der Waals surface area contributed by atoms with E-state index in [4.69, 9.17) is 54.8 Å².